The molecule has 1 rings (SSSR count). The van der Waals surface area contributed by atoms with Gasteiger partial charge in [-0.15, -0.1) is 0 Å². The lowest BCUT2D eigenvalue weighted by atomic mass is 10.4. The molecular weight excluding hydrogens is 200 g/mol. The third kappa shape index (κ3) is 3.99. The van der Waals surface area contributed by atoms with E-state index in [0.29, 0.717) is 0 Å². The van der Waals surface area contributed by atoms with Crippen LogP contribution in [0.25, 0.3) is 0 Å². The molecule has 0 aromatic heterocycles. The van der Waals surface area contributed by atoms with Crippen LogP contribution >= 0.6 is 12.2 Å². The molecule has 0 spiro atoms. The Morgan fingerprint density at radius 3 is 2.50 bits per heavy atom. The Morgan fingerprint density at radius 1 is 1.43 bits per heavy atom. The van der Waals surface area contributed by atoms with Crippen molar-refractivity contribution >= 4 is 23.1 Å². The van der Waals surface area contributed by atoms with Crippen LogP contribution in [0.5, 0.6) is 0 Å². The lowest BCUT2D eigenvalue weighted by Gasteiger charge is -2.32. The molecule has 1 aliphatic heterocycles. The van der Waals surface area contributed by atoms with E-state index in [-0.39, 0.29) is 17.3 Å². The van der Waals surface area contributed by atoms with E-state index in [4.69, 9.17) is 5.73 Å². The van der Waals surface area contributed by atoms with Gasteiger partial charge in [0.25, 0.3) is 0 Å². The van der Waals surface area contributed by atoms with Gasteiger partial charge in [0.1, 0.15) is 0 Å². The van der Waals surface area contributed by atoms with E-state index >= 15 is 0 Å². The molecule has 0 bridgehead atoms. The number of likely N-dealkylation sites (N-methyl/N-ethyl adjacent to an activating group) is 1. The molecular formula is C8H16N4OS. The average molecular weight is 216 g/mol. The maximum absolute atomic E-state index is 11.3. The number of hydrogen-bond acceptors (Lipinski definition) is 4. The normalized spacial score (nSPS) is 19.2. The summed E-state index contributed by atoms with van der Waals surface area (Å²) >= 11 is 4.65. The molecule has 80 valence electrons. The summed E-state index contributed by atoms with van der Waals surface area (Å²) in [5, 5.41) is 1.90. The predicted molar refractivity (Wildman–Crippen MR) is 58.6 cm³/mol. The molecule has 3 N–H and O–H groups in total. The number of hydrogen-bond donors (Lipinski definition) is 2. The van der Waals surface area contributed by atoms with E-state index in [1.807, 2.05) is 5.01 Å². The van der Waals surface area contributed by atoms with E-state index < -0.39 is 0 Å². The zero-order valence-corrected chi connectivity index (χ0v) is 9.14. The van der Waals surface area contributed by atoms with Crippen molar-refractivity contribution in [2.75, 3.05) is 33.2 Å². The number of nitrogens with zero attached hydrogens (tertiary/aromatic N) is 2. The highest BCUT2D eigenvalue weighted by Gasteiger charge is 2.15. The second-order valence-electron chi connectivity index (χ2n) is 3.47. The molecule has 0 aromatic carbocycles. The number of nitrogens with two attached hydrogens (primary N) is 1. The SMILES string of the molecule is CN1CCN(NC(=O)CC(N)=S)CC1. The Kier molecular flexibility index (Phi) is 4.24. The number of piperazine rings is 1. The van der Waals surface area contributed by atoms with Crippen LogP contribution in [0.2, 0.25) is 0 Å². The minimum atomic E-state index is -0.123. The second-order valence-corrected chi connectivity index (χ2v) is 3.99. The number of carbonyl (C=O) groups excluding carboxylic acids is 1. The van der Waals surface area contributed by atoms with Crippen LogP contribution < -0.4 is 11.2 Å². The summed E-state index contributed by atoms with van der Waals surface area (Å²) in [5.74, 6) is -0.123. The van der Waals surface area contributed by atoms with Crippen LogP contribution in [0.3, 0.4) is 0 Å². The van der Waals surface area contributed by atoms with Gasteiger partial charge in [-0.05, 0) is 7.05 Å². The number of rotatable bonds is 3. The zero-order valence-electron chi connectivity index (χ0n) is 8.32. The van der Waals surface area contributed by atoms with Gasteiger partial charge in [-0.1, -0.05) is 12.2 Å². The average Bonchev–Trinajstić information content (AvgIpc) is 2.07. The maximum atomic E-state index is 11.3. The fourth-order valence-corrected chi connectivity index (χ4v) is 1.42. The first kappa shape index (κ1) is 11.4. The molecule has 1 fully saturated rings. The van der Waals surface area contributed by atoms with Gasteiger partial charge in [-0.25, -0.2) is 5.01 Å². The molecule has 0 saturated carbocycles. The summed E-state index contributed by atoms with van der Waals surface area (Å²) < 4.78 is 0. The minimum absolute atomic E-state index is 0.123. The van der Waals surface area contributed by atoms with E-state index in [9.17, 15) is 4.79 Å². The van der Waals surface area contributed by atoms with Gasteiger partial charge in [-0.3, -0.25) is 10.2 Å². The largest absolute Gasteiger partial charge is 0.393 e. The van der Waals surface area contributed by atoms with Crippen molar-refractivity contribution in [2.24, 2.45) is 5.73 Å². The van der Waals surface area contributed by atoms with Crippen LogP contribution in [-0.4, -0.2) is 54.0 Å². The Labute approximate surface area is 89.2 Å². The van der Waals surface area contributed by atoms with E-state index in [1.54, 1.807) is 0 Å². The third-order valence-electron chi connectivity index (χ3n) is 2.12. The van der Waals surface area contributed by atoms with Crippen LogP contribution in [0.15, 0.2) is 0 Å². The molecule has 0 aromatic rings. The van der Waals surface area contributed by atoms with E-state index in [0.717, 1.165) is 26.2 Å². The lowest BCUT2D eigenvalue weighted by Crippen LogP contribution is -2.52. The molecule has 1 saturated heterocycles. The Morgan fingerprint density at radius 2 is 2.00 bits per heavy atom. The van der Waals surface area contributed by atoms with Gasteiger partial charge in [0.2, 0.25) is 5.91 Å². The second kappa shape index (κ2) is 5.23. The number of amides is 1. The monoisotopic (exact) mass is 216 g/mol. The van der Waals surface area contributed by atoms with Crippen LogP contribution in [-0.2, 0) is 4.79 Å². The van der Waals surface area contributed by atoms with Crippen molar-refractivity contribution in [3.8, 4) is 0 Å². The van der Waals surface area contributed by atoms with Crippen LogP contribution in [0.1, 0.15) is 6.42 Å². The highest BCUT2D eigenvalue weighted by molar-refractivity contribution is 7.80. The highest BCUT2D eigenvalue weighted by atomic mass is 32.1. The first-order valence-electron chi connectivity index (χ1n) is 4.59. The Balaban J connectivity index is 2.24. The quantitative estimate of drug-likeness (QED) is 0.589. The van der Waals surface area contributed by atoms with Gasteiger partial charge >= 0.3 is 0 Å². The highest BCUT2D eigenvalue weighted by Crippen LogP contribution is 1.95. The van der Waals surface area contributed by atoms with Crippen molar-refractivity contribution in [3.05, 3.63) is 0 Å². The van der Waals surface area contributed by atoms with E-state index in [2.05, 4.69) is 29.6 Å². The van der Waals surface area contributed by atoms with Crippen molar-refractivity contribution in [1.82, 2.24) is 15.3 Å². The van der Waals surface area contributed by atoms with Gasteiger partial charge in [0.05, 0.1) is 11.4 Å². The van der Waals surface area contributed by atoms with Crippen LogP contribution in [0.4, 0.5) is 0 Å². The summed E-state index contributed by atoms with van der Waals surface area (Å²) in [7, 11) is 2.06. The number of carbonyl (C=O) groups is 1. The standard InChI is InChI=1S/C8H16N4OS/c1-11-2-4-12(5-3-11)10-8(13)6-7(9)14/h2-6H2,1H3,(H2,9,14)(H,10,13). The zero-order chi connectivity index (χ0) is 10.6. The molecule has 5 nitrogen and oxygen atoms in total. The summed E-state index contributed by atoms with van der Waals surface area (Å²) in [4.78, 5) is 13.7. The predicted octanol–water partition coefficient (Wildman–Crippen LogP) is -1.06. The molecule has 1 aliphatic rings. The summed E-state index contributed by atoms with van der Waals surface area (Å²) in [6.07, 6.45) is 0.127. The van der Waals surface area contributed by atoms with Crippen molar-refractivity contribution in [3.63, 3.8) is 0 Å². The van der Waals surface area contributed by atoms with Crippen molar-refractivity contribution in [2.45, 2.75) is 6.42 Å². The Hall–Kier alpha value is -0.720. The topological polar surface area (TPSA) is 61.6 Å². The smallest absolute Gasteiger partial charge is 0.241 e. The summed E-state index contributed by atoms with van der Waals surface area (Å²) in [5.41, 5.74) is 8.04. The fourth-order valence-electron chi connectivity index (χ4n) is 1.29. The van der Waals surface area contributed by atoms with Crippen LogP contribution in [0, 0.1) is 0 Å². The maximum Gasteiger partial charge on any atom is 0.241 e. The minimum Gasteiger partial charge on any atom is -0.393 e. The molecule has 6 heteroatoms. The molecule has 0 aliphatic carbocycles. The van der Waals surface area contributed by atoms with E-state index in [1.165, 1.54) is 0 Å². The summed E-state index contributed by atoms with van der Waals surface area (Å²) in [6, 6.07) is 0. The van der Waals surface area contributed by atoms with Gasteiger partial charge in [-0.2, -0.15) is 0 Å². The Bertz CT molecular complexity index is 225. The molecule has 14 heavy (non-hydrogen) atoms. The van der Waals surface area contributed by atoms with Gasteiger partial charge in [0, 0.05) is 26.2 Å². The number of nitrogens with one attached hydrogen (secondary N) is 1. The van der Waals surface area contributed by atoms with Gasteiger partial charge in [0.15, 0.2) is 0 Å². The molecule has 1 amide bonds. The van der Waals surface area contributed by atoms with Crippen molar-refractivity contribution < 1.29 is 4.79 Å². The fraction of sp³-hybridized carbons (Fsp3) is 0.750. The lowest BCUT2D eigenvalue weighted by molar-refractivity contribution is -0.125. The first-order chi connectivity index (χ1) is 6.58. The summed E-state index contributed by atoms with van der Waals surface area (Å²) in [6.45, 7) is 3.62. The molecule has 1 heterocycles. The first-order valence-corrected chi connectivity index (χ1v) is 5.00. The molecule has 0 radical (unpaired) electrons. The van der Waals surface area contributed by atoms with Gasteiger partial charge < -0.3 is 10.6 Å². The number of thiocarbonyl (C=S) groups is 1. The molecule has 0 atom stereocenters. The number of hydrazine groups is 1. The van der Waals surface area contributed by atoms with Crippen molar-refractivity contribution in [1.29, 1.82) is 0 Å². The third-order valence-corrected chi connectivity index (χ3v) is 2.27. The molecule has 0 unspecified atom stereocenters.